The van der Waals surface area contributed by atoms with Crippen LogP contribution in [-0.4, -0.2) is 15.9 Å². The van der Waals surface area contributed by atoms with Gasteiger partial charge in [-0.1, -0.05) is 24.2 Å². The Morgan fingerprint density at radius 1 is 1.40 bits per heavy atom. The van der Waals surface area contributed by atoms with Crippen LogP contribution >= 0.6 is 11.8 Å². The standard InChI is InChI=1S/C10H10N2O2S/c1-2-15-8-5-3-7(4-6-8)9-11-10(13)14-12-9/h3-6H,2H2,1H3,(H,11,12,13). The second kappa shape index (κ2) is 4.35. The molecule has 0 atom stereocenters. The smallest absolute Gasteiger partial charge is 0.296 e. The van der Waals surface area contributed by atoms with E-state index in [9.17, 15) is 4.79 Å². The molecule has 78 valence electrons. The first-order valence-electron chi connectivity index (χ1n) is 4.59. The highest BCUT2D eigenvalue weighted by molar-refractivity contribution is 7.99. The maximum Gasteiger partial charge on any atom is 0.439 e. The Bertz CT molecular complexity index is 487. The number of nitrogens with zero attached hydrogens (tertiary/aromatic N) is 1. The molecule has 0 aliphatic carbocycles. The average molecular weight is 222 g/mol. The van der Waals surface area contributed by atoms with Gasteiger partial charge in [0.25, 0.3) is 0 Å². The molecule has 4 nitrogen and oxygen atoms in total. The molecule has 2 aromatic rings. The van der Waals surface area contributed by atoms with Gasteiger partial charge in [0.1, 0.15) is 0 Å². The van der Waals surface area contributed by atoms with Gasteiger partial charge in [-0.25, -0.2) is 4.79 Å². The summed E-state index contributed by atoms with van der Waals surface area (Å²) in [5, 5.41) is 3.61. The molecule has 0 saturated heterocycles. The number of aromatic nitrogens is 2. The summed E-state index contributed by atoms with van der Waals surface area (Å²) in [6.45, 7) is 2.10. The first kappa shape index (κ1) is 10.0. The maximum atomic E-state index is 10.7. The summed E-state index contributed by atoms with van der Waals surface area (Å²) in [5.74, 6) is 0.977. The molecule has 1 aromatic heterocycles. The molecule has 1 heterocycles. The molecule has 0 bridgehead atoms. The molecule has 0 saturated carbocycles. The van der Waals surface area contributed by atoms with Crippen molar-refractivity contribution in [3.63, 3.8) is 0 Å². The van der Waals surface area contributed by atoms with Crippen LogP contribution in [0.3, 0.4) is 0 Å². The number of thioether (sulfide) groups is 1. The lowest BCUT2D eigenvalue weighted by atomic mass is 10.2. The van der Waals surface area contributed by atoms with E-state index in [4.69, 9.17) is 0 Å². The van der Waals surface area contributed by atoms with Crippen LogP contribution in [0.15, 0.2) is 38.5 Å². The van der Waals surface area contributed by atoms with Gasteiger partial charge in [-0.15, -0.1) is 11.8 Å². The number of H-pyrrole nitrogens is 1. The van der Waals surface area contributed by atoms with Crippen LogP contribution in [0.4, 0.5) is 0 Å². The molecule has 1 N–H and O–H groups in total. The molecular weight excluding hydrogens is 212 g/mol. The maximum absolute atomic E-state index is 10.7. The van der Waals surface area contributed by atoms with Crippen molar-refractivity contribution >= 4 is 11.8 Å². The third kappa shape index (κ3) is 2.30. The minimum Gasteiger partial charge on any atom is -0.296 e. The highest BCUT2D eigenvalue weighted by atomic mass is 32.2. The second-order valence-corrected chi connectivity index (χ2v) is 4.24. The van der Waals surface area contributed by atoms with Crippen LogP contribution in [0.5, 0.6) is 0 Å². The molecule has 1 aromatic carbocycles. The number of rotatable bonds is 3. The van der Waals surface area contributed by atoms with Crippen LogP contribution in [0.25, 0.3) is 11.4 Å². The van der Waals surface area contributed by atoms with Gasteiger partial charge in [-0.3, -0.25) is 9.51 Å². The third-order valence-electron chi connectivity index (χ3n) is 1.88. The van der Waals surface area contributed by atoms with Crippen molar-refractivity contribution in [3.05, 3.63) is 34.8 Å². The molecule has 2 rings (SSSR count). The van der Waals surface area contributed by atoms with E-state index in [-0.39, 0.29) is 0 Å². The van der Waals surface area contributed by atoms with Crippen molar-refractivity contribution in [2.45, 2.75) is 11.8 Å². The topological polar surface area (TPSA) is 58.9 Å². The summed E-state index contributed by atoms with van der Waals surface area (Å²) in [4.78, 5) is 14.4. The Hall–Kier alpha value is -1.49. The summed E-state index contributed by atoms with van der Waals surface area (Å²) in [6, 6.07) is 7.81. The highest BCUT2D eigenvalue weighted by Gasteiger charge is 2.03. The van der Waals surface area contributed by atoms with Crippen LogP contribution < -0.4 is 5.76 Å². The zero-order valence-electron chi connectivity index (χ0n) is 8.19. The highest BCUT2D eigenvalue weighted by Crippen LogP contribution is 2.21. The van der Waals surface area contributed by atoms with Crippen molar-refractivity contribution in [1.82, 2.24) is 10.1 Å². The van der Waals surface area contributed by atoms with E-state index in [0.717, 1.165) is 11.3 Å². The first-order chi connectivity index (χ1) is 7.29. The van der Waals surface area contributed by atoms with E-state index in [1.165, 1.54) is 4.90 Å². The fraction of sp³-hybridized carbons (Fsp3) is 0.200. The monoisotopic (exact) mass is 222 g/mol. The summed E-state index contributed by atoms with van der Waals surface area (Å²) < 4.78 is 4.43. The van der Waals surface area contributed by atoms with E-state index in [2.05, 4.69) is 21.6 Å². The molecule has 0 radical (unpaired) electrons. The number of hydrogen-bond donors (Lipinski definition) is 1. The largest absolute Gasteiger partial charge is 0.439 e. The van der Waals surface area contributed by atoms with Crippen LogP contribution in [0, 0.1) is 0 Å². The number of nitrogens with one attached hydrogen (secondary N) is 1. The lowest BCUT2D eigenvalue weighted by molar-refractivity contribution is 0.388. The minimum absolute atomic E-state index is 0.466. The van der Waals surface area contributed by atoms with Crippen molar-refractivity contribution in [2.24, 2.45) is 0 Å². The van der Waals surface area contributed by atoms with Crippen molar-refractivity contribution in [1.29, 1.82) is 0 Å². The molecule has 15 heavy (non-hydrogen) atoms. The molecule has 0 aliphatic rings. The number of benzene rings is 1. The van der Waals surface area contributed by atoms with E-state index < -0.39 is 5.76 Å². The van der Waals surface area contributed by atoms with Gasteiger partial charge in [-0.05, 0) is 17.9 Å². The Labute approximate surface area is 90.7 Å². The van der Waals surface area contributed by atoms with Gasteiger partial charge in [0.05, 0.1) is 0 Å². The third-order valence-corrected chi connectivity index (χ3v) is 2.77. The van der Waals surface area contributed by atoms with Crippen molar-refractivity contribution in [3.8, 4) is 11.4 Å². The normalized spacial score (nSPS) is 10.5. The fourth-order valence-electron chi connectivity index (χ4n) is 1.23. The Kier molecular flexibility index (Phi) is 2.91. The molecular formula is C10H10N2O2S. The van der Waals surface area contributed by atoms with Gasteiger partial charge in [0, 0.05) is 10.5 Å². The summed E-state index contributed by atoms with van der Waals surface area (Å²) >= 11 is 1.77. The summed E-state index contributed by atoms with van der Waals surface area (Å²) in [5.41, 5.74) is 0.848. The Morgan fingerprint density at radius 3 is 2.67 bits per heavy atom. The molecule has 0 unspecified atom stereocenters. The summed E-state index contributed by atoms with van der Waals surface area (Å²) in [6.07, 6.45) is 0. The molecule has 5 heteroatoms. The molecule has 0 fully saturated rings. The van der Waals surface area contributed by atoms with E-state index in [1.54, 1.807) is 11.8 Å². The van der Waals surface area contributed by atoms with Crippen LogP contribution in [0.2, 0.25) is 0 Å². The Morgan fingerprint density at radius 2 is 2.13 bits per heavy atom. The fourth-order valence-corrected chi connectivity index (χ4v) is 1.89. The molecule has 0 spiro atoms. The second-order valence-electron chi connectivity index (χ2n) is 2.90. The van der Waals surface area contributed by atoms with Gasteiger partial charge in [0.15, 0.2) is 5.82 Å². The van der Waals surface area contributed by atoms with E-state index in [0.29, 0.717) is 5.82 Å². The SMILES string of the molecule is CCSc1ccc(-c2noc(=O)[nH]2)cc1. The minimum atomic E-state index is -0.531. The first-order valence-corrected chi connectivity index (χ1v) is 5.57. The zero-order chi connectivity index (χ0) is 10.7. The van der Waals surface area contributed by atoms with Crippen LogP contribution in [-0.2, 0) is 0 Å². The van der Waals surface area contributed by atoms with Crippen molar-refractivity contribution < 1.29 is 4.52 Å². The predicted molar refractivity (Wildman–Crippen MR) is 59.0 cm³/mol. The van der Waals surface area contributed by atoms with Gasteiger partial charge >= 0.3 is 5.76 Å². The molecule has 0 aliphatic heterocycles. The number of hydrogen-bond acceptors (Lipinski definition) is 4. The van der Waals surface area contributed by atoms with Gasteiger partial charge < -0.3 is 0 Å². The van der Waals surface area contributed by atoms with E-state index >= 15 is 0 Å². The number of aromatic amines is 1. The zero-order valence-corrected chi connectivity index (χ0v) is 9.00. The predicted octanol–water partition coefficient (Wildman–Crippen LogP) is 2.14. The van der Waals surface area contributed by atoms with Crippen LogP contribution in [0.1, 0.15) is 6.92 Å². The van der Waals surface area contributed by atoms with Gasteiger partial charge in [-0.2, -0.15) is 0 Å². The lowest BCUT2D eigenvalue weighted by Gasteiger charge is -1.98. The lowest BCUT2D eigenvalue weighted by Crippen LogP contribution is -1.94. The van der Waals surface area contributed by atoms with E-state index in [1.807, 2.05) is 24.3 Å². The Balaban J connectivity index is 2.27. The summed E-state index contributed by atoms with van der Waals surface area (Å²) in [7, 11) is 0. The van der Waals surface area contributed by atoms with Crippen molar-refractivity contribution in [2.75, 3.05) is 5.75 Å². The quantitative estimate of drug-likeness (QED) is 0.808. The average Bonchev–Trinajstić information content (AvgIpc) is 2.67. The van der Waals surface area contributed by atoms with Gasteiger partial charge in [0.2, 0.25) is 0 Å². The molecule has 0 amide bonds.